The molecule has 0 radical (unpaired) electrons. The Hall–Kier alpha value is -2.49. The molecular weight excluding hydrogens is 250 g/mol. The largest absolute Gasteiger partial charge is 0.423 e. The van der Waals surface area contributed by atoms with Crippen molar-refractivity contribution in [1.82, 2.24) is 4.98 Å². The van der Waals surface area contributed by atoms with E-state index in [0.29, 0.717) is 11.7 Å². The number of hydrogen-bond donors (Lipinski definition) is 2. The summed E-state index contributed by atoms with van der Waals surface area (Å²) >= 11 is 0. The Morgan fingerprint density at radius 1 is 1.05 bits per heavy atom. The predicted octanol–water partition coefficient (Wildman–Crippen LogP) is 3.64. The number of nitrogens with one attached hydrogen (secondary N) is 1. The Bertz CT molecular complexity index is 792. The van der Waals surface area contributed by atoms with Crippen LogP contribution in [0.4, 0.5) is 17.4 Å². The van der Waals surface area contributed by atoms with Crippen LogP contribution in [0.25, 0.3) is 11.1 Å². The zero-order chi connectivity index (χ0) is 13.5. The SMILES string of the molecule is Nc1ccc2oc(Nc3ccc4c(c3)CCC4)nc2c1. The van der Waals surface area contributed by atoms with Crippen molar-refractivity contribution in [2.45, 2.75) is 19.3 Å². The smallest absolute Gasteiger partial charge is 0.300 e. The van der Waals surface area contributed by atoms with Gasteiger partial charge in [0.25, 0.3) is 6.01 Å². The number of rotatable bonds is 2. The fourth-order valence-corrected chi connectivity index (χ4v) is 2.77. The second kappa shape index (κ2) is 4.27. The molecule has 1 aliphatic rings. The van der Waals surface area contributed by atoms with Crippen LogP contribution in [0.2, 0.25) is 0 Å². The molecule has 0 saturated carbocycles. The predicted molar refractivity (Wildman–Crippen MR) is 80.2 cm³/mol. The average molecular weight is 265 g/mol. The molecule has 3 N–H and O–H groups in total. The lowest BCUT2D eigenvalue weighted by molar-refractivity contribution is 0.623. The topological polar surface area (TPSA) is 64.1 Å². The van der Waals surface area contributed by atoms with Gasteiger partial charge in [-0.3, -0.25) is 0 Å². The first-order valence-corrected chi connectivity index (χ1v) is 6.83. The number of nitrogen functional groups attached to an aromatic ring is 1. The number of anilines is 3. The van der Waals surface area contributed by atoms with Gasteiger partial charge in [-0.15, -0.1) is 0 Å². The minimum absolute atomic E-state index is 0.503. The van der Waals surface area contributed by atoms with E-state index in [0.717, 1.165) is 23.2 Å². The molecule has 0 spiro atoms. The first-order chi connectivity index (χ1) is 9.78. The molecule has 2 aromatic carbocycles. The first kappa shape index (κ1) is 11.3. The number of hydrogen-bond acceptors (Lipinski definition) is 4. The Balaban J connectivity index is 1.66. The molecule has 0 fully saturated rings. The van der Waals surface area contributed by atoms with Crippen molar-refractivity contribution >= 4 is 28.5 Å². The second-order valence-electron chi connectivity index (χ2n) is 5.21. The quantitative estimate of drug-likeness (QED) is 0.694. The van der Waals surface area contributed by atoms with Crippen LogP contribution in [0.1, 0.15) is 17.5 Å². The molecule has 0 saturated heterocycles. The molecule has 1 aliphatic carbocycles. The highest BCUT2D eigenvalue weighted by Gasteiger charge is 2.12. The van der Waals surface area contributed by atoms with Crippen LogP contribution in [-0.2, 0) is 12.8 Å². The van der Waals surface area contributed by atoms with Crippen molar-refractivity contribution in [1.29, 1.82) is 0 Å². The highest BCUT2D eigenvalue weighted by molar-refractivity contribution is 5.78. The van der Waals surface area contributed by atoms with Crippen LogP contribution in [0, 0.1) is 0 Å². The van der Waals surface area contributed by atoms with Gasteiger partial charge >= 0.3 is 0 Å². The van der Waals surface area contributed by atoms with Crippen molar-refractivity contribution < 1.29 is 4.42 Å². The van der Waals surface area contributed by atoms with Crippen molar-refractivity contribution in [3.63, 3.8) is 0 Å². The maximum Gasteiger partial charge on any atom is 0.300 e. The Kier molecular flexibility index (Phi) is 2.42. The molecule has 0 aliphatic heterocycles. The first-order valence-electron chi connectivity index (χ1n) is 6.83. The number of nitrogens with two attached hydrogens (primary N) is 1. The molecule has 20 heavy (non-hydrogen) atoms. The number of oxazole rings is 1. The maximum atomic E-state index is 5.75. The number of nitrogens with zero attached hydrogens (tertiary/aromatic N) is 1. The molecule has 0 bridgehead atoms. The normalized spacial score (nSPS) is 13.6. The summed E-state index contributed by atoms with van der Waals surface area (Å²) in [5, 5.41) is 3.22. The lowest BCUT2D eigenvalue weighted by Crippen LogP contribution is -1.92. The molecule has 3 aromatic rings. The van der Waals surface area contributed by atoms with Gasteiger partial charge in [-0.25, -0.2) is 0 Å². The van der Waals surface area contributed by atoms with Crippen molar-refractivity contribution in [3.8, 4) is 0 Å². The standard InChI is InChI=1S/C16H15N3O/c17-12-5-7-15-14(9-12)19-16(20-15)18-13-6-4-10-2-1-3-11(10)8-13/h4-9H,1-3,17H2,(H,18,19). The molecular formula is C16H15N3O. The van der Waals surface area contributed by atoms with E-state index in [1.807, 2.05) is 18.2 Å². The summed E-state index contributed by atoms with van der Waals surface area (Å²) < 4.78 is 5.67. The third-order valence-corrected chi connectivity index (χ3v) is 3.76. The molecule has 0 amide bonds. The van der Waals surface area contributed by atoms with Crippen LogP contribution in [0.15, 0.2) is 40.8 Å². The summed E-state index contributed by atoms with van der Waals surface area (Å²) in [6, 6.07) is 12.4. The van der Waals surface area contributed by atoms with Gasteiger partial charge in [-0.1, -0.05) is 6.07 Å². The minimum Gasteiger partial charge on any atom is -0.423 e. The fourth-order valence-electron chi connectivity index (χ4n) is 2.77. The van der Waals surface area contributed by atoms with Gasteiger partial charge in [0.15, 0.2) is 5.58 Å². The molecule has 100 valence electrons. The summed E-state index contributed by atoms with van der Waals surface area (Å²) in [6.45, 7) is 0. The van der Waals surface area contributed by atoms with E-state index >= 15 is 0 Å². The summed E-state index contributed by atoms with van der Waals surface area (Å²) in [7, 11) is 0. The Morgan fingerprint density at radius 3 is 2.90 bits per heavy atom. The number of aromatic nitrogens is 1. The lowest BCUT2D eigenvalue weighted by Gasteiger charge is -2.04. The molecule has 0 unspecified atom stereocenters. The fraction of sp³-hybridized carbons (Fsp3) is 0.188. The van der Waals surface area contributed by atoms with Gasteiger partial charge in [0.1, 0.15) is 5.52 Å². The molecule has 0 atom stereocenters. The van der Waals surface area contributed by atoms with E-state index in [1.54, 1.807) is 0 Å². The highest BCUT2D eigenvalue weighted by Crippen LogP contribution is 2.28. The monoisotopic (exact) mass is 265 g/mol. The van der Waals surface area contributed by atoms with E-state index in [9.17, 15) is 0 Å². The Morgan fingerprint density at radius 2 is 1.95 bits per heavy atom. The molecule has 4 heteroatoms. The van der Waals surface area contributed by atoms with E-state index in [1.165, 1.54) is 24.0 Å². The minimum atomic E-state index is 0.503. The third kappa shape index (κ3) is 1.90. The van der Waals surface area contributed by atoms with Crippen molar-refractivity contribution in [3.05, 3.63) is 47.5 Å². The summed E-state index contributed by atoms with van der Waals surface area (Å²) in [5.74, 6) is 0. The van der Waals surface area contributed by atoms with Crippen LogP contribution in [0.5, 0.6) is 0 Å². The highest BCUT2D eigenvalue weighted by atomic mass is 16.4. The van der Waals surface area contributed by atoms with Gasteiger partial charge in [0.05, 0.1) is 0 Å². The number of benzene rings is 2. The Labute approximate surface area is 116 Å². The molecule has 4 rings (SSSR count). The summed E-state index contributed by atoms with van der Waals surface area (Å²) in [5.41, 5.74) is 11.8. The molecule has 1 aromatic heterocycles. The van der Waals surface area contributed by atoms with E-state index < -0.39 is 0 Å². The van der Waals surface area contributed by atoms with Gasteiger partial charge in [-0.05, 0) is 60.7 Å². The van der Waals surface area contributed by atoms with Gasteiger partial charge in [-0.2, -0.15) is 4.98 Å². The van der Waals surface area contributed by atoms with Gasteiger partial charge < -0.3 is 15.5 Å². The lowest BCUT2D eigenvalue weighted by atomic mass is 10.1. The summed E-state index contributed by atoms with van der Waals surface area (Å²) in [4.78, 5) is 4.40. The average Bonchev–Trinajstić information content (AvgIpc) is 3.03. The third-order valence-electron chi connectivity index (χ3n) is 3.76. The maximum absolute atomic E-state index is 5.75. The van der Waals surface area contributed by atoms with Crippen LogP contribution in [0.3, 0.4) is 0 Å². The van der Waals surface area contributed by atoms with Crippen molar-refractivity contribution in [2.24, 2.45) is 0 Å². The van der Waals surface area contributed by atoms with E-state index in [-0.39, 0.29) is 0 Å². The number of aryl methyl sites for hydroxylation is 2. The van der Waals surface area contributed by atoms with Gasteiger partial charge in [0.2, 0.25) is 0 Å². The van der Waals surface area contributed by atoms with Crippen molar-refractivity contribution in [2.75, 3.05) is 11.1 Å². The summed E-state index contributed by atoms with van der Waals surface area (Å²) in [6.07, 6.45) is 3.60. The second-order valence-corrected chi connectivity index (χ2v) is 5.21. The van der Waals surface area contributed by atoms with E-state index in [4.69, 9.17) is 10.2 Å². The number of fused-ring (bicyclic) bond motifs is 2. The molecule has 4 nitrogen and oxygen atoms in total. The van der Waals surface area contributed by atoms with Crippen LogP contribution < -0.4 is 11.1 Å². The van der Waals surface area contributed by atoms with E-state index in [2.05, 4.69) is 28.5 Å². The van der Waals surface area contributed by atoms with Crippen LogP contribution >= 0.6 is 0 Å². The zero-order valence-corrected chi connectivity index (χ0v) is 11.0. The zero-order valence-electron chi connectivity index (χ0n) is 11.0. The van der Waals surface area contributed by atoms with Gasteiger partial charge in [0, 0.05) is 11.4 Å². The molecule has 1 heterocycles. The van der Waals surface area contributed by atoms with Crippen LogP contribution in [-0.4, -0.2) is 4.98 Å².